The highest BCUT2D eigenvalue weighted by Gasteiger charge is 2.21. The maximum Gasteiger partial charge on any atom is 0.225 e. The lowest BCUT2D eigenvalue weighted by Crippen LogP contribution is -2.27. The second-order valence-electron chi connectivity index (χ2n) is 6.02. The molecule has 0 aliphatic carbocycles. The zero-order valence-electron chi connectivity index (χ0n) is 13.7. The fourth-order valence-corrected chi connectivity index (χ4v) is 2.98. The topological polar surface area (TPSA) is 110 Å². The predicted molar refractivity (Wildman–Crippen MR) is 95.1 cm³/mol. The second-order valence-corrected chi connectivity index (χ2v) is 6.02. The minimum Gasteiger partial charge on any atom is -0.474 e. The number of hydrogen-bond donors (Lipinski definition) is 3. The number of nitrogens with zero attached hydrogens (tertiary/aromatic N) is 2. The molecule has 2 aromatic heterocycles. The average molecular weight is 337 g/mol. The van der Waals surface area contributed by atoms with Crippen LogP contribution in [-0.2, 0) is 4.74 Å². The number of nitrogens with one attached hydrogen (secondary N) is 2. The van der Waals surface area contributed by atoms with Crippen LogP contribution in [0.5, 0.6) is 5.88 Å². The number of nitrogen functional groups attached to an aromatic ring is 1. The first kappa shape index (κ1) is 15.6. The Labute approximate surface area is 144 Å². The quantitative estimate of drug-likeness (QED) is 0.634. The van der Waals surface area contributed by atoms with E-state index in [2.05, 4.69) is 15.0 Å². The Morgan fingerprint density at radius 2 is 2.08 bits per heavy atom. The van der Waals surface area contributed by atoms with E-state index in [-0.39, 0.29) is 11.8 Å². The van der Waals surface area contributed by atoms with Crippen molar-refractivity contribution >= 4 is 22.4 Å². The van der Waals surface area contributed by atoms with Gasteiger partial charge in [0.15, 0.2) is 0 Å². The Morgan fingerprint density at radius 1 is 1.24 bits per heavy atom. The number of H-pyrrole nitrogens is 1. The molecule has 1 aliphatic heterocycles. The van der Waals surface area contributed by atoms with Gasteiger partial charge >= 0.3 is 0 Å². The summed E-state index contributed by atoms with van der Waals surface area (Å²) in [5, 5.41) is 8.64. The lowest BCUT2D eigenvalue weighted by atomic mass is 10.0. The third kappa shape index (κ3) is 3.06. The molecule has 0 amide bonds. The summed E-state index contributed by atoms with van der Waals surface area (Å²) in [4.78, 5) is 11.6. The van der Waals surface area contributed by atoms with Crippen molar-refractivity contribution in [2.24, 2.45) is 0 Å². The third-order valence-electron chi connectivity index (χ3n) is 4.35. The molecule has 1 aliphatic rings. The first-order chi connectivity index (χ1) is 12.2. The first-order valence-corrected chi connectivity index (χ1v) is 8.23. The third-order valence-corrected chi connectivity index (χ3v) is 4.35. The van der Waals surface area contributed by atoms with Gasteiger partial charge in [0, 0.05) is 30.3 Å². The predicted octanol–water partition coefficient (Wildman–Crippen LogP) is 2.51. The zero-order valence-corrected chi connectivity index (χ0v) is 13.7. The Bertz CT molecular complexity index is 915. The number of aromatic amines is 1. The molecule has 0 radical (unpaired) electrons. The molecule has 128 valence electrons. The van der Waals surface area contributed by atoms with Gasteiger partial charge in [0.25, 0.3) is 0 Å². The van der Waals surface area contributed by atoms with Crippen LogP contribution in [0, 0.1) is 5.41 Å². The molecule has 3 heterocycles. The molecule has 0 spiro atoms. The van der Waals surface area contributed by atoms with Gasteiger partial charge in [-0.2, -0.15) is 0 Å². The second kappa shape index (κ2) is 6.52. The number of rotatable bonds is 4. The number of benzene rings is 1. The van der Waals surface area contributed by atoms with Crippen LogP contribution in [0.3, 0.4) is 0 Å². The van der Waals surface area contributed by atoms with Gasteiger partial charge in [0.05, 0.1) is 41.8 Å². The van der Waals surface area contributed by atoms with Gasteiger partial charge in [-0.1, -0.05) is 6.07 Å². The van der Waals surface area contributed by atoms with Crippen molar-refractivity contribution < 1.29 is 9.47 Å². The van der Waals surface area contributed by atoms with E-state index in [0.717, 1.165) is 29.4 Å². The van der Waals surface area contributed by atoms with Crippen molar-refractivity contribution in [2.75, 3.05) is 18.9 Å². The molecular weight excluding hydrogens is 318 g/mol. The molecule has 1 fully saturated rings. The SMILES string of the molecule is N=C(c1ccc2nc[nH]c2c1)c1c(N)ccnc1OC1CCOCC1. The zero-order chi connectivity index (χ0) is 17.2. The van der Waals surface area contributed by atoms with Gasteiger partial charge in [-0.05, 0) is 18.2 Å². The number of pyridine rings is 1. The van der Waals surface area contributed by atoms with E-state index in [0.29, 0.717) is 30.3 Å². The molecule has 4 rings (SSSR count). The molecule has 0 unspecified atom stereocenters. The molecule has 4 N–H and O–H groups in total. The standard InChI is InChI=1S/C18H19N5O2/c19-13-3-6-21-18(25-12-4-7-24-8-5-12)16(13)17(20)11-1-2-14-15(9-11)23-10-22-14/h1-3,6,9-10,12,20H,4-5,7-8H2,(H2,19,21)(H,22,23). The Kier molecular flexibility index (Phi) is 4.07. The molecule has 25 heavy (non-hydrogen) atoms. The van der Waals surface area contributed by atoms with Crippen LogP contribution in [0.1, 0.15) is 24.0 Å². The minimum atomic E-state index is 0.0321. The summed E-state index contributed by atoms with van der Waals surface area (Å²) in [6.07, 6.45) is 4.89. The number of nitrogens with two attached hydrogens (primary N) is 1. The van der Waals surface area contributed by atoms with Crippen molar-refractivity contribution in [1.29, 1.82) is 5.41 Å². The molecule has 3 aromatic rings. The molecule has 0 atom stereocenters. The van der Waals surface area contributed by atoms with Crippen LogP contribution in [-0.4, -0.2) is 40.0 Å². The van der Waals surface area contributed by atoms with E-state index in [1.807, 2.05) is 18.2 Å². The van der Waals surface area contributed by atoms with Crippen LogP contribution in [0.15, 0.2) is 36.8 Å². The van der Waals surface area contributed by atoms with E-state index in [1.54, 1.807) is 18.6 Å². The lowest BCUT2D eigenvalue weighted by Gasteiger charge is -2.24. The molecule has 1 aromatic carbocycles. The van der Waals surface area contributed by atoms with Gasteiger partial charge in [-0.3, -0.25) is 5.41 Å². The maximum absolute atomic E-state index is 8.64. The van der Waals surface area contributed by atoms with Crippen molar-refractivity contribution in [3.05, 3.63) is 47.9 Å². The highest BCUT2D eigenvalue weighted by Crippen LogP contribution is 2.28. The van der Waals surface area contributed by atoms with E-state index in [9.17, 15) is 0 Å². The molecule has 0 bridgehead atoms. The van der Waals surface area contributed by atoms with Crippen molar-refractivity contribution in [3.8, 4) is 5.88 Å². The van der Waals surface area contributed by atoms with Crippen molar-refractivity contribution in [1.82, 2.24) is 15.0 Å². The summed E-state index contributed by atoms with van der Waals surface area (Å²) in [7, 11) is 0. The number of hydrogen-bond acceptors (Lipinski definition) is 6. The monoisotopic (exact) mass is 337 g/mol. The van der Waals surface area contributed by atoms with Gasteiger partial charge in [0.2, 0.25) is 5.88 Å². The molecule has 7 nitrogen and oxygen atoms in total. The normalized spacial score (nSPS) is 15.4. The average Bonchev–Trinajstić information content (AvgIpc) is 3.10. The summed E-state index contributed by atoms with van der Waals surface area (Å²) in [5.74, 6) is 0.404. The van der Waals surface area contributed by atoms with Crippen LogP contribution in [0.4, 0.5) is 5.69 Å². The smallest absolute Gasteiger partial charge is 0.225 e. The maximum atomic E-state index is 8.64. The van der Waals surface area contributed by atoms with Crippen LogP contribution in [0.2, 0.25) is 0 Å². The van der Waals surface area contributed by atoms with E-state index >= 15 is 0 Å². The van der Waals surface area contributed by atoms with E-state index < -0.39 is 0 Å². The number of aromatic nitrogens is 3. The Morgan fingerprint density at radius 3 is 2.92 bits per heavy atom. The summed E-state index contributed by atoms with van der Waals surface area (Å²) < 4.78 is 11.4. The number of anilines is 1. The fraction of sp³-hybridized carbons (Fsp3) is 0.278. The summed E-state index contributed by atoms with van der Waals surface area (Å²) >= 11 is 0. The van der Waals surface area contributed by atoms with E-state index in [4.69, 9.17) is 20.6 Å². The fourth-order valence-electron chi connectivity index (χ4n) is 2.98. The van der Waals surface area contributed by atoms with Gasteiger partial charge in [-0.15, -0.1) is 0 Å². The lowest BCUT2D eigenvalue weighted by molar-refractivity contribution is 0.0237. The number of imidazole rings is 1. The number of ether oxygens (including phenoxy) is 2. The van der Waals surface area contributed by atoms with Gasteiger partial charge in [0.1, 0.15) is 6.10 Å². The van der Waals surface area contributed by atoms with Crippen LogP contribution >= 0.6 is 0 Å². The molecule has 7 heteroatoms. The minimum absolute atomic E-state index is 0.0321. The molecular formula is C18H19N5O2. The van der Waals surface area contributed by atoms with Gasteiger partial charge < -0.3 is 20.2 Å². The largest absolute Gasteiger partial charge is 0.474 e. The van der Waals surface area contributed by atoms with Crippen molar-refractivity contribution in [2.45, 2.75) is 18.9 Å². The van der Waals surface area contributed by atoms with Gasteiger partial charge in [-0.25, -0.2) is 9.97 Å². The van der Waals surface area contributed by atoms with E-state index in [1.165, 1.54) is 0 Å². The highest BCUT2D eigenvalue weighted by atomic mass is 16.5. The van der Waals surface area contributed by atoms with Crippen LogP contribution < -0.4 is 10.5 Å². The highest BCUT2D eigenvalue weighted by molar-refractivity contribution is 6.16. The van der Waals surface area contributed by atoms with Crippen molar-refractivity contribution in [3.63, 3.8) is 0 Å². The van der Waals surface area contributed by atoms with Crippen LogP contribution in [0.25, 0.3) is 11.0 Å². The summed E-state index contributed by atoms with van der Waals surface area (Å²) in [6, 6.07) is 7.31. The molecule has 1 saturated heterocycles. The Hall–Kier alpha value is -2.93. The number of fused-ring (bicyclic) bond motifs is 1. The first-order valence-electron chi connectivity index (χ1n) is 8.23. The summed E-state index contributed by atoms with van der Waals surface area (Å²) in [5.41, 5.74) is 9.89. The molecule has 0 saturated carbocycles. The Balaban J connectivity index is 1.69. The summed E-state index contributed by atoms with van der Waals surface area (Å²) in [6.45, 7) is 1.35.